The molecule has 5 nitrogen and oxygen atoms in total. The first-order chi connectivity index (χ1) is 8.72. The molecular formula is C13H17N3O2. The van der Waals surface area contributed by atoms with E-state index in [1.807, 2.05) is 24.3 Å². The van der Waals surface area contributed by atoms with Gasteiger partial charge in [0.25, 0.3) is 0 Å². The van der Waals surface area contributed by atoms with Crippen LogP contribution in [0.25, 0.3) is 0 Å². The first-order valence-electron chi connectivity index (χ1n) is 5.97. The van der Waals surface area contributed by atoms with Crippen molar-refractivity contribution in [1.29, 1.82) is 0 Å². The zero-order chi connectivity index (χ0) is 13.0. The quantitative estimate of drug-likeness (QED) is 0.873. The molecule has 1 heterocycles. The highest BCUT2D eigenvalue weighted by Crippen LogP contribution is 2.24. The maximum atomic E-state index is 10.3. The largest absolute Gasteiger partial charge is 0.494 e. The van der Waals surface area contributed by atoms with Crippen molar-refractivity contribution in [2.75, 3.05) is 6.61 Å². The fourth-order valence-electron chi connectivity index (χ4n) is 1.71. The molecule has 2 aromatic rings. The van der Waals surface area contributed by atoms with Crippen molar-refractivity contribution >= 4 is 0 Å². The van der Waals surface area contributed by atoms with Crippen molar-refractivity contribution < 1.29 is 9.84 Å². The molecule has 0 aliphatic heterocycles. The lowest BCUT2D eigenvalue weighted by Gasteiger charge is -2.12. The summed E-state index contributed by atoms with van der Waals surface area (Å²) in [5.41, 5.74) is 1.43. The van der Waals surface area contributed by atoms with Gasteiger partial charge in [0.05, 0.1) is 18.5 Å². The minimum atomic E-state index is -0.741. The van der Waals surface area contributed by atoms with Crippen molar-refractivity contribution in [3.8, 4) is 5.75 Å². The molecule has 0 bridgehead atoms. The number of aliphatic hydroxyl groups excluding tert-OH is 1. The lowest BCUT2D eigenvalue weighted by molar-refractivity contribution is 0.209. The highest BCUT2D eigenvalue weighted by molar-refractivity contribution is 5.32. The van der Waals surface area contributed by atoms with Gasteiger partial charge in [-0.05, 0) is 24.1 Å². The molecule has 0 saturated carbocycles. The van der Waals surface area contributed by atoms with Crippen LogP contribution < -0.4 is 4.74 Å². The Morgan fingerprint density at radius 3 is 2.94 bits per heavy atom. The fourth-order valence-corrected chi connectivity index (χ4v) is 1.71. The third-order valence-electron chi connectivity index (χ3n) is 2.68. The molecule has 0 radical (unpaired) electrons. The molecule has 0 aliphatic rings. The van der Waals surface area contributed by atoms with Gasteiger partial charge in [-0.25, -0.2) is 4.68 Å². The van der Waals surface area contributed by atoms with Crippen LogP contribution in [0, 0.1) is 0 Å². The van der Waals surface area contributed by atoms with Crippen LogP contribution in [-0.4, -0.2) is 26.7 Å². The average Bonchev–Trinajstić information content (AvgIpc) is 2.82. The van der Waals surface area contributed by atoms with Gasteiger partial charge in [-0.1, -0.05) is 24.3 Å². The Morgan fingerprint density at radius 1 is 1.44 bits per heavy atom. The van der Waals surface area contributed by atoms with Gasteiger partial charge in [0.1, 0.15) is 11.9 Å². The Hall–Kier alpha value is -1.88. The second-order valence-electron chi connectivity index (χ2n) is 4.11. The first kappa shape index (κ1) is 12.6. The summed E-state index contributed by atoms with van der Waals surface area (Å²) < 4.78 is 7.10. The Balaban J connectivity index is 2.20. The van der Waals surface area contributed by atoms with Gasteiger partial charge in [-0.15, -0.1) is 5.10 Å². The van der Waals surface area contributed by atoms with E-state index in [9.17, 15) is 5.11 Å². The maximum Gasteiger partial charge on any atom is 0.122 e. The molecule has 0 amide bonds. The van der Waals surface area contributed by atoms with E-state index in [4.69, 9.17) is 4.74 Å². The topological polar surface area (TPSA) is 60.2 Å². The third-order valence-corrected chi connectivity index (χ3v) is 2.68. The molecule has 96 valence electrons. The number of ether oxygens (including phenoxy) is 1. The van der Waals surface area contributed by atoms with Crippen LogP contribution in [0.2, 0.25) is 0 Å². The zero-order valence-electron chi connectivity index (χ0n) is 10.6. The van der Waals surface area contributed by atoms with Crippen LogP contribution in [-0.2, 0) is 7.05 Å². The molecule has 0 saturated heterocycles. The summed E-state index contributed by atoms with van der Waals surface area (Å²) in [5.74, 6) is 0.767. The average molecular weight is 247 g/mol. The van der Waals surface area contributed by atoms with Crippen molar-refractivity contribution in [2.24, 2.45) is 7.05 Å². The van der Waals surface area contributed by atoms with Gasteiger partial charge < -0.3 is 9.84 Å². The lowest BCUT2D eigenvalue weighted by atomic mass is 10.1. The molecular weight excluding hydrogens is 230 g/mol. The number of benzene rings is 1. The highest BCUT2D eigenvalue weighted by atomic mass is 16.5. The molecule has 5 heteroatoms. The number of hydrogen-bond donors (Lipinski definition) is 1. The minimum absolute atomic E-state index is 0.655. The lowest BCUT2D eigenvalue weighted by Crippen LogP contribution is -2.07. The van der Waals surface area contributed by atoms with Crippen LogP contribution >= 0.6 is 0 Å². The Labute approximate surface area is 106 Å². The maximum absolute atomic E-state index is 10.3. The van der Waals surface area contributed by atoms with E-state index in [2.05, 4.69) is 17.2 Å². The van der Waals surface area contributed by atoms with E-state index in [0.29, 0.717) is 12.3 Å². The van der Waals surface area contributed by atoms with E-state index in [-0.39, 0.29) is 0 Å². The molecule has 0 fully saturated rings. The van der Waals surface area contributed by atoms with Gasteiger partial charge >= 0.3 is 0 Å². The second-order valence-corrected chi connectivity index (χ2v) is 4.11. The number of hydrogen-bond acceptors (Lipinski definition) is 4. The van der Waals surface area contributed by atoms with Crippen molar-refractivity contribution in [2.45, 2.75) is 19.4 Å². The number of nitrogens with zero attached hydrogens (tertiary/aromatic N) is 3. The molecule has 2 rings (SSSR count). The Bertz CT molecular complexity index is 510. The molecule has 1 N–H and O–H groups in total. The smallest absolute Gasteiger partial charge is 0.122 e. The van der Waals surface area contributed by atoms with Crippen molar-refractivity contribution in [3.05, 3.63) is 41.7 Å². The molecule has 0 spiro atoms. The van der Waals surface area contributed by atoms with Gasteiger partial charge in [0, 0.05) is 7.05 Å². The van der Waals surface area contributed by atoms with Gasteiger partial charge in [0.2, 0.25) is 0 Å². The predicted octanol–water partition coefficient (Wildman–Crippen LogP) is 1.69. The van der Waals surface area contributed by atoms with E-state index in [0.717, 1.165) is 17.7 Å². The Kier molecular flexibility index (Phi) is 3.94. The van der Waals surface area contributed by atoms with Crippen LogP contribution in [0.15, 0.2) is 30.5 Å². The predicted molar refractivity (Wildman–Crippen MR) is 67.3 cm³/mol. The molecule has 1 atom stereocenters. The number of aliphatic hydroxyl groups is 1. The van der Waals surface area contributed by atoms with Crippen molar-refractivity contribution in [1.82, 2.24) is 15.0 Å². The highest BCUT2D eigenvalue weighted by Gasteiger charge is 2.15. The second kappa shape index (κ2) is 5.64. The monoisotopic (exact) mass is 247 g/mol. The van der Waals surface area contributed by atoms with Crippen LogP contribution in [0.4, 0.5) is 0 Å². The third kappa shape index (κ3) is 2.68. The van der Waals surface area contributed by atoms with E-state index in [1.165, 1.54) is 0 Å². The van der Waals surface area contributed by atoms with Crippen LogP contribution in [0.3, 0.4) is 0 Å². The summed E-state index contributed by atoms with van der Waals surface area (Å²) in [6, 6.07) is 7.45. The van der Waals surface area contributed by atoms with Crippen LogP contribution in [0.5, 0.6) is 5.75 Å². The zero-order valence-corrected chi connectivity index (χ0v) is 10.6. The summed E-state index contributed by atoms with van der Waals surface area (Å²) in [6.45, 7) is 2.73. The van der Waals surface area contributed by atoms with E-state index >= 15 is 0 Å². The van der Waals surface area contributed by atoms with Gasteiger partial charge in [-0.2, -0.15) is 0 Å². The van der Waals surface area contributed by atoms with Gasteiger partial charge in [-0.3, -0.25) is 0 Å². The normalized spacial score (nSPS) is 12.4. The van der Waals surface area contributed by atoms with Crippen LogP contribution in [0.1, 0.15) is 30.7 Å². The van der Waals surface area contributed by atoms with E-state index in [1.54, 1.807) is 17.9 Å². The molecule has 1 aromatic carbocycles. The van der Waals surface area contributed by atoms with E-state index < -0.39 is 6.10 Å². The number of aryl methyl sites for hydroxylation is 1. The number of aromatic nitrogens is 3. The van der Waals surface area contributed by atoms with Gasteiger partial charge in [0.15, 0.2) is 0 Å². The summed E-state index contributed by atoms with van der Waals surface area (Å²) in [6.07, 6.45) is 1.78. The minimum Gasteiger partial charge on any atom is -0.494 e. The molecule has 1 aromatic heterocycles. The SMILES string of the molecule is CCCOc1cccc(C(O)c2cnnn2C)c1. The number of rotatable bonds is 5. The molecule has 18 heavy (non-hydrogen) atoms. The summed E-state index contributed by atoms with van der Waals surface area (Å²) in [7, 11) is 1.75. The summed E-state index contributed by atoms with van der Waals surface area (Å²) >= 11 is 0. The summed E-state index contributed by atoms with van der Waals surface area (Å²) in [4.78, 5) is 0. The Morgan fingerprint density at radius 2 is 2.28 bits per heavy atom. The van der Waals surface area contributed by atoms with Crippen molar-refractivity contribution in [3.63, 3.8) is 0 Å². The molecule has 0 aliphatic carbocycles. The summed E-state index contributed by atoms with van der Waals surface area (Å²) in [5, 5.41) is 17.8. The first-order valence-corrected chi connectivity index (χ1v) is 5.97. The fraction of sp³-hybridized carbons (Fsp3) is 0.385. The molecule has 1 unspecified atom stereocenters. The standard InChI is InChI=1S/C13H17N3O2/c1-3-7-18-11-6-4-5-10(8-11)13(17)12-9-14-15-16(12)2/h4-6,8-9,13,17H,3,7H2,1-2H3.